The van der Waals surface area contributed by atoms with Crippen molar-refractivity contribution in [3.63, 3.8) is 0 Å². The van der Waals surface area contributed by atoms with Gasteiger partial charge < -0.3 is 9.67 Å². The van der Waals surface area contributed by atoms with Gasteiger partial charge in [-0.1, -0.05) is 12.1 Å². The van der Waals surface area contributed by atoms with Crippen LogP contribution in [0.5, 0.6) is 0 Å². The summed E-state index contributed by atoms with van der Waals surface area (Å²) in [6.07, 6.45) is 4.41. The molecule has 1 aromatic carbocycles. The molecule has 0 amide bonds. The average molecular weight is 337 g/mol. The predicted octanol–water partition coefficient (Wildman–Crippen LogP) is 3.06. The molecule has 0 spiro atoms. The summed E-state index contributed by atoms with van der Waals surface area (Å²) in [4.78, 5) is 22.7. The lowest BCUT2D eigenvalue weighted by Gasteiger charge is -2.08. The lowest BCUT2D eigenvalue weighted by Crippen LogP contribution is -2.15. The van der Waals surface area contributed by atoms with E-state index in [1.807, 2.05) is 22.8 Å². The van der Waals surface area contributed by atoms with Gasteiger partial charge in [0.05, 0.1) is 28.7 Å². The van der Waals surface area contributed by atoms with Crippen molar-refractivity contribution in [2.75, 3.05) is 0 Å². The third-order valence-corrected chi connectivity index (χ3v) is 5.94. The van der Waals surface area contributed by atoms with E-state index in [1.54, 1.807) is 17.4 Å². The highest BCUT2D eigenvalue weighted by Crippen LogP contribution is 2.37. The minimum Gasteiger partial charge on any atom is -0.510 e. The Morgan fingerprint density at radius 3 is 2.83 bits per heavy atom. The Balaban J connectivity index is 1.74. The Kier molecular flexibility index (Phi) is 2.91. The fourth-order valence-corrected chi connectivity index (χ4v) is 4.82. The average Bonchev–Trinajstić information content (AvgIpc) is 3.15. The van der Waals surface area contributed by atoms with E-state index in [1.165, 1.54) is 17.7 Å². The van der Waals surface area contributed by atoms with Gasteiger partial charge in [-0.25, -0.2) is 4.98 Å². The summed E-state index contributed by atoms with van der Waals surface area (Å²) in [7, 11) is 0. The number of hydrogen-bond acceptors (Lipinski definition) is 5. The summed E-state index contributed by atoms with van der Waals surface area (Å²) < 4.78 is 1.90. The number of aromatic nitrogens is 3. The molecular formula is C18H15N3O2S. The number of para-hydroxylation sites is 1. The van der Waals surface area contributed by atoms with Crippen molar-refractivity contribution in [1.82, 2.24) is 14.5 Å². The summed E-state index contributed by atoms with van der Waals surface area (Å²) in [5, 5.41) is 11.9. The van der Waals surface area contributed by atoms with Gasteiger partial charge in [0.2, 0.25) is 0 Å². The molecule has 120 valence electrons. The van der Waals surface area contributed by atoms with Crippen LogP contribution in [0.1, 0.15) is 34.2 Å². The van der Waals surface area contributed by atoms with Gasteiger partial charge in [-0.2, -0.15) is 4.98 Å². The number of allylic oxidation sites excluding steroid dienone is 1. The lowest BCUT2D eigenvalue weighted by molar-refractivity contribution is 0.389. The second-order valence-electron chi connectivity index (χ2n) is 6.26. The molecule has 1 N–H and O–H groups in total. The second-order valence-corrected chi connectivity index (χ2v) is 7.35. The zero-order chi connectivity index (χ0) is 16.3. The number of nitrogens with zero attached hydrogens (tertiary/aromatic N) is 3. The van der Waals surface area contributed by atoms with E-state index < -0.39 is 0 Å². The van der Waals surface area contributed by atoms with Gasteiger partial charge in [-0.3, -0.25) is 4.79 Å². The molecule has 0 radical (unpaired) electrons. The molecule has 6 heteroatoms. The largest absolute Gasteiger partial charge is 0.510 e. The molecule has 0 fully saturated rings. The van der Waals surface area contributed by atoms with Crippen LogP contribution >= 0.6 is 11.3 Å². The molecule has 3 aromatic rings. The predicted molar refractivity (Wildman–Crippen MR) is 93.4 cm³/mol. The fourth-order valence-electron chi connectivity index (χ4n) is 3.61. The maximum atomic E-state index is 12.4. The number of benzene rings is 1. The van der Waals surface area contributed by atoms with E-state index in [0.29, 0.717) is 23.3 Å². The van der Waals surface area contributed by atoms with E-state index in [2.05, 4.69) is 4.98 Å². The molecule has 0 atom stereocenters. The quantitative estimate of drug-likeness (QED) is 0.741. The number of aliphatic hydroxyl groups is 1. The summed E-state index contributed by atoms with van der Waals surface area (Å²) in [6, 6.07) is 7.39. The highest BCUT2D eigenvalue weighted by atomic mass is 32.1. The van der Waals surface area contributed by atoms with Crippen molar-refractivity contribution >= 4 is 27.8 Å². The summed E-state index contributed by atoms with van der Waals surface area (Å²) in [6.45, 7) is 0.336. The molecule has 5 rings (SSSR count). The smallest absolute Gasteiger partial charge is 0.281 e. The number of fused-ring (bicyclic) bond motifs is 4. The summed E-state index contributed by atoms with van der Waals surface area (Å²) in [5.74, 6) is 0.770. The van der Waals surface area contributed by atoms with Crippen LogP contribution in [0.4, 0.5) is 0 Å². The van der Waals surface area contributed by atoms with Crippen LogP contribution in [0.3, 0.4) is 0 Å². The van der Waals surface area contributed by atoms with Crippen LogP contribution in [0.25, 0.3) is 16.5 Å². The van der Waals surface area contributed by atoms with Crippen molar-refractivity contribution in [2.24, 2.45) is 0 Å². The van der Waals surface area contributed by atoms with Gasteiger partial charge in [-0.15, -0.1) is 11.3 Å². The summed E-state index contributed by atoms with van der Waals surface area (Å²) in [5.41, 5.74) is 2.31. The molecule has 0 saturated heterocycles. The molecule has 5 nitrogen and oxygen atoms in total. The molecule has 1 aliphatic heterocycles. The van der Waals surface area contributed by atoms with Crippen molar-refractivity contribution in [3.05, 3.63) is 61.8 Å². The number of rotatable bonds is 1. The standard InChI is InChI=1S/C18H15N3O2S/c22-13-9-21-12-7-3-1-5-10(12)17(23)20-16(21)15(13)18-19-11-6-2-4-8-14(11)24-18/h1,3,5,7,22H,2,4,6,8-9H2. The fraction of sp³-hybridized carbons (Fsp3) is 0.278. The summed E-state index contributed by atoms with van der Waals surface area (Å²) >= 11 is 1.63. The number of thiazole rings is 1. The Morgan fingerprint density at radius 2 is 1.96 bits per heavy atom. The highest BCUT2D eigenvalue weighted by Gasteiger charge is 2.29. The third kappa shape index (κ3) is 1.89. The number of aryl methyl sites for hydroxylation is 2. The molecule has 0 unspecified atom stereocenters. The molecule has 2 aromatic heterocycles. The van der Waals surface area contributed by atoms with Crippen LogP contribution in [-0.4, -0.2) is 19.6 Å². The van der Waals surface area contributed by atoms with Crippen LogP contribution in [-0.2, 0) is 19.4 Å². The zero-order valence-electron chi connectivity index (χ0n) is 13.0. The molecule has 3 heterocycles. The number of aliphatic hydroxyl groups excluding tert-OH is 1. The maximum Gasteiger partial charge on any atom is 0.281 e. The van der Waals surface area contributed by atoms with Crippen LogP contribution in [0, 0.1) is 0 Å². The SMILES string of the molecule is O=c1nc2n(c3ccccc13)CC(O)=C2c1nc2c(s1)CCCC2. The molecule has 0 bridgehead atoms. The number of hydrogen-bond donors (Lipinski definition) is 1. The topological polar surface area (TPSA) is 68.0 Å². The van der Waals surface area contributed by atoms with E-state index in [4.69, 9.17) is 4.98 Å². The lowest BCUT2D eigenvalue weighted by atomic mass is 10.0. The van der Waals surface area contributed by atoms with Gasteiger partial charge in [0.25, 0.3) is 5.56 Å². The van der Waals surface area contributed by atoms with E-state index >= 15 is 0 Å². The van der Waals surface area contributed by atoms with Gasteiger partial charge in [0, 0.05) is 4.88 Å². The van der Waals surface area contributed by atoms with Gasteiger partial charge in [0.15, 0.2) is 5.82 Å². The second kappa shape index (κ2) is 5.01. The van der Waals surface area contributed by atoms with Crippen LogP contribution < -0.4 is 5.56 Å². The molecule has 24 heavy (non-hydrogen) atoms. The Hall–Kier alpha value is -2.47. The molecule has 1 aliphatic carbocycles. The van der Waals surface area contributed by atoms with Crippen molar-refractivity contribution in [1.29, 1.82) is 0 Å². The maximum absolute atomic E-state index is 12.4. The highest BCUT2D eigenvalue weighted by molar-refractivity contribution is 7.13. The Morgan fingerprint density at radius 1 is 1.12 bits per heavy atom. The van der Waals surface area contributed by atoms with Gasteiger partial charge in [0.1, 0.15) is 10.8 Å². The normalized spacial score (nSPS) is 16.5. The molecular weight excluding hydrogens is 322 g/mol. The van der Waals surface area contributed by atoms with Crippen molar-refractivity contribution < 1.29 is 5.11 Å². The minimum atomic E-state index is -0.259. The Labute approximate surface area is 141 Å². The van der Waals surface area contributed by atoms with Crippen molar-refractivity contribution in [3.8, 4) is 0 Å². The van der Waals surface area contributed by atoms with Gasteiger partial charge >= 0.3 is 0 Å². The first-order chi connectivity index (χ1) is 11.7. The first kappa shape index (κ1) is 13.9. The third-order valence-electron chi connectivity index (χ3n) is 4.77. The van der Waals surface area contributed by atoms with Crippen LogP contribution in [0.15, 0.2) is 34.8 Å². The van der Waals surface area contributed by atoms with Gasteiger partial charge in [-0.05, 0) is 37.8 Å². The van der Waals surface area contributed by atoms with Crippen molar-refractivity contribution in [2.45, 2.75) is 32.2 Å². The minimum absolute atomic E-state index is 0.240. The van der Waals surface area contributed by atoms with E-state index in [9.17, 15) is 9.90 Å². The van der Waals surface area contributed by atoms with E-state index in [0.717, 1.165) is 29.1 Å². The Bertz CT molecular complexity index is 1050. The zero-order valence-corrected chi connectivity index (χ0v) is 13.8. The monoisotopic (exact) mass is 337 g/mol. The van der Waals surface area contributed by atoms with E-state index in [-0.39, 0.29) is 11.3 Å². The van der Waals surface area contributed by atoms with Crippen LogP contribution in [0.2, 0.25) is 0 Å². The molecule has 2 aliphatic rings. The first-order valence-corrected chi connectivity index (χ1v) is 8.95. The first-order valence-electron chi connectivity index (χ1n) is 8.13. The molecule has 0 saturated carbocycles.